The lowest BCUT2D eigenvalue weighted by Crippen LogP contribution is -2.09. The van der Waals surface area contributed by atoms with Gasteiger partial charge in [-0.3, -0.25) is 0 Å². The summed E-state index contributed by atoms with van der Waals surface area (Å²) in [6.45, 7) is 2.03. The molecule has 0 saturated carbocycles. The van der Waals surface area contributed by atoms with E-state index in [9.17, 15) is 8.42 Å². The van der Waals surface area contributed by atoms with E-state index in [0.29, 0.717) is 12.2 Å². The number of hydrogen-bond acceptors (Lipinski definition) is 4. The van der Waals surface area contributed by atoms with E-state index >= 15 is 0 Å². The molecule has 0 fully saturated rings. The maximum Gasteiger partial charge on any atom is 0.180 e. The largest absolute Gasteiger partial charge is 0.497 e. The molecule has 0 aliphatic heterocycles. The highest BCUT2D eigenvalue weighted by molar-refractivity contribution is 7.91. The van der Waals surface area contributed by atoms with Gasteiger partial charge in [-0.25, -0.2) is 8.42 Å². The van der Waals surface area contributed by atoms with Gasteiger partial charge in [0.2, 0.25) is 0 Å². The molecule has 2 N–H and O–H groups in total. The average molecular weight is 257 g/mol. The normalized spacial score (nSPS) is 11.4. The first-order chi connectivity index (χ1) is 8.01. The highest BCUT2D eigenvalue weighted by Gasteiger charge is 2.17. The fourth-order valence-corrected chi connectivity index (χ4v) is 3.09. The summed E-state index contributed by atoms with van der Waals surface area (Å²) in [4.78, 5) is 0.174. The van der Waals surface area contributed by atoms with Crippen molar-refractivity contribution in [2.24, 2.45) is 0 Å². The molecule has 5 heteroatoms. The van der Waals surface area contributed by atoms with Gasteiger partial charge in [-0.05, 0) is 18.6 Å². The maximum absolute atomic E-state index is 12.1. The Labute approximate surface area is 103 Å². The van der Waals surface area contributed by atoms with Gasteiger partial charge in [-0.15, -0.1) is 0 Å². The summed E-state index contributed by atoms with van der Waals surface area (Å²) in [5, 5.41) is 0. The van der Waals surface area contributed by atoms with Crippen molar-refractivity contribution in [1.29, 1.82) is 0 Å². The van der Waals surface area contributed by atoms with Crippen LogP contribution in [-0.4, -0.2) is 21.3 Å². The van der Waals surface area contributed by atoms with Crippen LogP contribution in [0.1, 0.15) is 26.2 Å². The Morgan fingerprint density at radius 3 is 2.59 bits per heavy atom. The molecule has 0 spiro atoms. The summed E-state index contributed by atoms with van der Waals surface area (Å²) in [6.07, 6.45) is 2.56. The van der Waals surface area contributed by atoms with Crippen LogP contribution in [0.25, 0.3) is 0 Å². The Hall–Kier alpha value is -1.23. The molecule has 1 aromatic carbocycles. The molecule has 0 amide bonds. The molecule has 1 aromatic rings. The van der Waals surface area contributed by atoms with Crippen LogP contribution in [0.2, 0.25) is 0 Å². The zero-order valence-electron chi connectivity index (χ0n) is 10.3. The van der Waals surface area contributed by atoms with E-state index in [1.807, 2.05) is 6.92 Å². The predicted octanol–water partition coefficient (Wildman–Crippen LogP) is 2.24. The van der Waals surface area contributed by atoms with Gasteiger partial charge in [0.25, 0.3) is 0 Å². The summed E-state index contributed by atoms with van der Waals surface area (Å²) in [6, 6.07) is 4.70. The number of hydrogen-bond donors (Lipinski definition) is 1. The zero-order chi connectivity index (χ0) is 12.9. The lowest BCUT2D eigenvalue weighted by atomic mass is 10.3. The third kappa shape index (κ3) is 3.63. The zero-order valence-corrected chi connectivity index (χ0v) is 11.1. The van der Waals surface area contributed by atoms with Crippen molar-refractivity contribution in [3.8, 4) is 5.75 Å². The first-order valence-electron chi connectivity index (χ1n) is 5.67. The molecule has 0 bridgehead atoms. The Bertz CT molecular complexity index is 469. The van der Waals surface area contributed by atoms with E-state index in [1.165, 1.54) is 13.2 Å². The van der Waals surface area contributed by atoms with E-state index < -0.39 is 9.84 Å². The number of nitrogens with two attached hydrogens (primary N) is 1. The molecule has 0 heterocycles. The number of nitrogen functional groups attached to an aromatic ring is 1. The van der Waals surface area contributed by atoms with Crippen molar-refractivity contribution in [3.63, 3.8) is 0 Å². The summed E-state index contributed by atoms with van der Waals surface area (Å²) in [5.74, 6) is 0.645. The smallest absolute Gasteiger partial charge is 0.180 e. The molecule has 0 unspecified atom stereocenters. The maximum atomic E-state index is 12.1. The third-order valence-electron chi connectivity index (χ3n) is 2.57. The first-order valence-corrected chi connectivity index (χ1v) is 7.32. The molecule has 96 valence electrons. The second-order valence-corrected chi connectivity index (χ2v) is 6.01. The van der Waals surface area contributed by atoms with Crippen molar-refractivity contribution in [1.82, 2.24) is 0 Å². The van der Waals surface area contributed by atoms with Gasteiger partial charge < -0.3 is 10.5 Å². The van der Waals surface area contributed by atoms with Gasteiger partial charge in [-0.2, -0.15) is 0 Å². The summed E-state index contributed by atoms with van der Waals surface area (Å²) in [5.41, 5.74) is 5.98. The van der Waals surface area contributed by atoms with Crippen LogP contribution >= 0.6 is 0 Å². The Morgan fingerprint density at radius 1 is 1.29 bits per heavy atom. The van der Waals surface area contributed by atoms with Gasteiger partial charge in [0.05, 0.1) is 23.4 Å². The van der Waals surface area contributed by atoms with Gasteiger partial charge in [0.1, 0.15) is 5.75 Å². The van der Waals surface area contributed by atoms with E-state index in [-0.39, 0.29) is 16.3 Å². The number of unbranched alkanes of at least 4 members (excludes halogenated alkanes) is 2. The van der Waals surface area contributed by atoms with Gasteiger partial charge in [0.15, 0.2) is 9.84 Å². The molecule has 0 aromatic heterocycles. The van der Waals surface area contributed by atoms with Crippen LogP contribution in [0.15, 0.2) is 23.1 Å². The highest BCUT2D eigenvalue weighted by atomic mass is 32.2. The van der Waals surface area contributed by atoms with Crippen LogP contribution in [0.4, 0.5) is 5.69 Å². The number of sulfone groups is 1. The summed E-state index contributed by atoms with van der Waals surface area (Å²) < 4.78 is 29.1. The molecule has 0 radical (unpaired) electrons. The van der Waals surface area contributed by atoms with Crippen molar-refractivity contribution in [2.75, 3.05) is 18.6 Å². The van der Waals surface area contributed by atoms with Crippen LogP contribution in [0.5, 0.6) is 5.75 Å². The number of ether oxygens (including phenoxy) is 1. The molecular weight excluding hydrogens is 238 g/mol. The monoisotopic (exact) mass is 257 g/mol. The Morgan fingerprint density at radius 2 is 2.00 bits per heavy atom. The van der Waals surface area contributed by atoms with Crippen LogP contribution in [-0.2, 0) is 9.84 Å². The summed E-state index contributed by atoms with van der Waals surface area (Å²) in [7, 11) is -1.80. The van der Waals surface area contributed by atoms with E-state index in [0.717, 1.165) is 12.8 Å². The molecule has 17 heavy (non-hydrogen) atoms. The van der Waals surface area contributed by atoms with Gasteiger partial charge in [-0.1, -0.05) is 19.8 Å². The lowest BCUT2D eigenvalue weighted by molar-refractivity contribution is 0.413. The molecule has 0 saturated heterocycles. The second-order valence-electron chi connectivity index (χ2n) is 3.93. The quantitative estimate of drug-likeness (QED) is 0.627. The average Bonchev–Trinajstić information content (AvgIpc) is 2.29. The van der Waals surface area contributed by atoms with Crippen molar-refractivity contribution < 1.29 is 13.2 Å². The van der Waals surface area contributed by atoms with E-state index in [1.54, 1.807) is 12.1 Å². The van der Waals surface area contributed by atoms with E-state index in [2.05, 4.69) is 0 Å². The van der Waals surface area contributed by atoms with Crippen molar-refractivity contribution in [3.05, 3.63) is 18.2 Å². The van der Waals surface area contributed by atoms with Gasteiger partial charge in [0, 0.05) is 6.07 Å². The standard InChI is InChI=1S/C12H19NO3S/c1-3-4-5-8-17(14,15)12-9-10(16-2)6-7-11(12)13/h6-7,9H,3-5,8,13H2,1-2H3. The Balaban J connectivity index is 2.97. The third-order valence-corrected chi connectivity index (χ3v) is 4.42. The lowest BCUT2D eigenvalue weighted by Gasteiger charge is -2.09. The number of rotatable bonds is 6. The minimum atomic E-state index is -3.30. The Kier molecular flexibility index (Phi) is 4.81. The molecule has 0 aliphatic rings. The molecule has 0 atom stereocenters. The van der Waals surface area contributed by atoms with Crippen LogP contribution in [0.3, 0.4) is 0 Å². The molecule has 1 rings (SSSR count). The summed E-state index contributed by atoms with van der Waals surface area (Å²) >= 11 is 0. The SMILES string of the molecule is CCCCCS(=O)(=O)c1cc(OC)ccc1N. The highest BCUT2D eigenvalue weighted by Crippen LogP contribution is 2.25. The fraction of sp³-hybridized carbons (Fsp3) is 0.500. The minimum absolute atomic E-state index is 0.137. The number of anilines is 1. The predicted molar refractivity (Wildman–Crippen MR) is 69.0 cm³/mol. The van der Waals surface area contributed by atoms with Crippen molar-refractivity contribution in [2.45, 2.75) is 31.1 Å². The first kappa shape index (κ1) is 13.8. The topological polar surface area (TPSA) is 69.4 Å². The van der Waals surface area contributed by atoms with Gasteiger partial charge >= 0.3 is 0 Å². The minimum Gasteiger partial charge on any atom is -0.497 e. The van der Waals surface area contributed by atoms with Crippen LogP contribution in [0, 0.1) is 0 Å². The van der Waals surface area contributed by atoms with Crippen LogP contribution < -0.4 is 10.5 Å². The molecular formula is C12H19NO3S. The number of benzene rings is 1. The second kappa shape index (κ2) is 5.91. The molecule has 4 nitrogen and oxygen atoms in total. The molecule has 0 aliphatic carbocycles. The van der Waals surface area contributed by atoms with E-state index in [4.69, 9.17) is 10.5 Å². The fourth-order valence-electron chi connectivity index (χ4n) is 1.56. The van der Waals surface area contributed by atoms with Crippen molar-refractivity contribution >= 4 is 15.5 Å². The number of methoxy groups -OCH3 is 1.